The molecule has 1 saturated heterocycles. The molecule has 2 heterocycles. The summed E-state index contributed by atoms with van der Waals surface area (Å²) in [5.41, 5.74) is 3.62. The highest BCUT2D eigenvalue weighted by atomic mass is 16.2. The Morgan fingerprint density at radius 2 is 1.59 bits per heavy atom. The molecule has 0 saturated carbocycles. The first-order chi connectivity index (χ1) is 15.6. The van der Waals surface area contributed by atoms with Crippen LogP contribution in [0.2, 0.25) is 0 Å². The van der Waals surface area contributed by atoms with Gasteiger partial charge in [-0.15, -0.1) is 0 Å². The highest BCUT2D eigenvalue weighted by molar-refractivity contribution is 5.94. The van der Waals surface area contributed by atoms with Gasteiger partial charge in [-0.2, -0.15) is 0 Å². The summed E-state index contributed by atoms with van der Waals surface area (Å²) in [7, 11) is 0. The van der Waals surface area contributed by atoms with E-state index in [4.69, 9.17) is 0 Å². The second kappa shape index (κ2) is 10.1. The molecule has 1 aromatic heterocycles. The number of carbonyl (C=O) groups is 2. The molecule has 6 nitrogen and oxygen atoms in total. The normalized spacial score (nSPS) is 15.4. The number of rotatable bonds is 6. The number of aryl methyl sites for hydroxylation is 1. The van der Waals surface area contributed by atoms with Crippen LogP contribution in [-0.4, -0.2) is 45.9 Å². The van der Waals surface area contributed by atoms with Crippen molar-refractivity contribution in [2.75, 3.05) is 13.1 Å². The summed E-state index contributed by atoms with van der Waals surface area (Å²) in [5, 5.41) is 3.14. The summed E-state index contributed by atoms with van der Waals surface area (Å²) in [4.78, 5) is 33.8. The van der Waals surface area contributed by atoms with E-state index in [1.807, 2.05) is 78.6 Å². The summed E-state index contributed by atoms with van der Waals surface area (Å²) in [5.74, 6) is -0.0420. The molecule has 3 aromatic rings. The monoisotopic (exact) mass is 428 g/mol. The molecule has 32 heavy (non-hydrogen) atoms. The third-order valence-corrected chi connectivity index (χ3v) is 5.68. The first-order valence-electron chi connectivity index (χ1n) is 10.9. The summed E-state index contributed by atoms with van der Waals surface area (Å²) in [6, 6.07) is 23.4. The van der Waals surface area contributed by atoms with Crippen LogP contribution in [0.25, 0.3) is 0 Å². The summed E-state index contributed by atoms with van der Waals surface area (Å²) >= 11 is 0. The van der Waals surface area contributed by atoms with Gasteiger partial charge in [0.2, 0.25) is 0 Å². The SMILES string of the molecule is Cc1ccc(C(=O)N2CC[C@@H](NC(=O)N(Cc3ccccc3)Cc3ccccc3)C2)cn1. The molecule has 1 atom stereocenters. The van der Waals surface area contributed by atoms with Crippen molar-refractivity contribution in [3.05, 3.63) is 101 Å². The first kappa shape index (κ1) is 21.6. The zero-order valence-electron chi connectivity index (χ0n) is 18.3. The van der Waals surface area contributed by atoms with Crippen molar-refractivity contribution in [1.82, 2.24) is 20.1 Å². The van der Waals surface area contributed by atoms with E-state index in [-0.39, 0.29) is 18.0 Å². The molecule has 164 valence electrons. The molecule has 0 bridgehead atoms. The lowest BCUT2D eigenvalue weighted by Crippen LogP contribution is -2.45. The Balaban J connectivity index is 1.40. The van der Waals surface area contributed by atoms with Crippen LogP contribution in [0.1, 0.15) is 33.6 Å². The van der Waals surface area contributed by atoms with Crippen molar-refractivity contribution in [3.63, 3.8) is 0 Å². The Morgan fingerprint density at radius 1 is 0.969 bits per heavy atom. The largest absolute Gasteiger partial charge is 0.336 e. The minimum Gasteiger partial charge on any atom is -0.336 e. The smallest absolute Gasteiger partial charge is 0.318 e. The predicted molar refractivity (Wildman–Crippen MR) is 124 cm³/mol. The lowest BCUT2D eigenvalue weighted by molar-refractivity contribution is 0.0788. The fourth-order valence-electron chi connectivity index (χ4n) is 3.91. The summed E-state index contributed by atoms with van der Waals surface area (Å²) in [6.45, 7) is 4.06. The number of amides is 3. The number of carbonyl (C=O) groups excluding carboxylic acids is 2. The highest BCUT2D eigenvalue weighted by Crippen LogP contribution is 2.16. The first-order valence-corrected chi connectivity index (χ1v) is 10.9. The Labute approximate surface area is 188 Å². The van der Waals surface area contributed by atoms with Gasteiger partial charge in [0.05, 0.1) is 5.56 Å². The molecule has 1 aliphatic heterocycles. The second-order valence-corrected chi connectivity index (χ2v) is 8.20. The predicted octanol–water partition coefficient (Wildman–Crippen LogP) is 4.02. The molecule has 3 amide bonds. The lowest BCUT2D eigenvalue weighted by atomic mass is 10.1. The van der Waals surface area contributed by atoms with Crippen LogP contribution in [0.3, 0.4) is 0 Å². The molecule has 6 heteroatoms. The maximum absolute atomic E-state index is 13.2. The van der Waals surface area contributed by atoms with E-state index in [9.17, 15) is 9.59 Å². The molecule has 1 N–H and O–H groups in total. The Bertz CT molecular complexity index is 997. The van der Waals surface area contributed by atoms with Crippen LogP contribution in [0.5, 0.6) is 0 Å². The van der Waals surface area contributed by atoms with Crippen LogP contribution >= 0.6 is 0 Å². The van der Waals surface area contributed by atoms with Gasteiger partial charge in [-0.1, -0.05) is 60.7 Å². The molecule has 0 aliphatic carbocycles. The van der Waals surface area contributed by atoms with E-state index in [0.29, 0.717) is 31.7 Å². The Hall–Kier alpha value is -3.67. The quantitative estimate of drug-likeness (QED) is 0.645. The third kappa shape index (κ3) is 5.52. The van der Waals surface area contributed by atoms with Gasteiger partial charge in [-0.3, -0.25) is 9.78 Å². The average Bonchev–Trinajstić information content (AvgIpc) is 3.28. The minimum atomic E-state index is -0.117. The van der Waals surface area contributed by atoms with Gasteiger partial charge in [0.15, 0.2) is 0 Å². The van der Waals surface area contributed by atoms with Crippen molar-refractivity contribution < 1.29 is 9.59 Å². The van der Waals surface area contributed by atoms with Crippen LogP contribution in [-0.2, 0) is 13.1 Å². The number of benzene rings is 2. The molecule has 2 aromatic carbocycles. The van der Waals surface area contributed by atoms with Crippen LogP contribution in [0, 0.1) is 6.92 Å². The van der Waals surface area contributed by atoms with Gasteiger partial charge < -0.3 is 15.1 Å². The topological polar surface area (TPSA) is 65.5 Å². The van der Waals surface area contributed by atoms with Gasteiger partial charge in [-0.05, 0) is 36.6 Å². The minimum absolute atomic E-state index is 0.0420. The average molecular weight is 429 g/mol. The van der Waals surface area contributed by atoms with Crippen LogP contribution < -0.4 is 5.32 Å². The third-order valence-electron chi connectivity index (χ3n) is 5.68. The van der Waals surface area contributed by atoms with Crippen molar-refractivity contribution in [2.24, 2.45) is 0 Å². The fraction of sp³-hybridized carbons (Fsp3) is 0.269. The summed E-state index contributed by atoms with van der Waals surface area (Å²) in [6.07, 6.45) is 2.35. The van der Waals surface area contributed by atoms with E-state index in [2.05, 4.69) is 10.3 Å². The number of nitrogens with one attached hydrogen (secondary N) is 1. The number of hydrogen-bond donors (Lipinski definition) is 1. The van der Waals surface area contributed by atoms with Crippen molar-refractivity contribution in [2.45, 2.75) is 32.5 Å². The molecule has 0 radical (unpaired) electrons. The highest BCUT2D eigenvalue weighted by Gasteiger charge is 2.29. The fourth-order valence-corrected chi connectivity index (χ4v) is 3.91. The molecule has 1 fully saturated rings. The van der Waals surface area contributed by atoms with Gasteiger partial charge in [0.25, 0.3) is 5.91 Å². The van der Waals surface area contributed by atoms with E-state index in [0.717, 1.165) is 23.2 Å². The molecular weight excluding hydrogens is 400 g/mol. The number of likely N-dealkylation sites (tertiary alicyclic amines) is 1. The van der Waals surface area contributed by atoms with Crippen LogP contribution in [0.4, 0.5) is 4.79 Å². The molecule has 1 aliphatic rings. The number of pyridine rings is 1. The van der Waals surface area contributed by atoms with Crippen molar-refractivity contribution in [1.29, 1.82) is 0 Å². The number of aromatic nitrogens is 1. The van der Waals surface area contributed by atoms with Crippen molar-refractivity contribution >= 4 is 11.9 Å². The Kier molecular flexibility index (Phi) is 6.80. The zero-order chi connectivity index (χ0) is 22.3. The molecule has 0 unspecified atom stereocenters. The maximum atomic E-state index is 13.2. The lowest BCUT2D eigenvalue weighted by Gasteiger charge is -2.25. The second-order valence-electron chi connectivity index (χ2n) is 8.20. The Morgan fingerprint density at radius 3 is 2.16 bits per heavy atom. The number of urea groups is 1. The van der Waals surface area contributed by atoms with Gasteiger partial charge in [0, 0.05) is 44.1 Å². The van der Waals surface area contributed by atoms with E-state index in [1.165, 1.54) is 0 Å². The van der Waals surface area contributed by atoms with Gasteiger partial charge in [-0.25, -0.2) is 4.79 Å². The molecule has 0 spiro atoms. The molecular formula is C26H28N4O2. The van der Waals surface area contributed by atoms with E-state index < -0.39 is 0 Å². The summed E-state index contributed by atoms with van der Waals surface area (Å²) < 4.78 is 0. The van der Waals surface area contributed by atoms with Gasteiger partial charge in [0.1, 0.15) is 0 Å². The zero-order valence-corrected chi connectivity index (χ0v) is 18.3. The molecule has 4 rings (SSSR count). The van der Waals surface area contributed by atoms with E-state index >= 15 is 0 Å². The standard InChI is InChI=1S/C26H28N4O2/c1-20-12-13-23(16-27-20)25(31)29-15-14-24(19-29)28-26(32)30(17-21-8-4-2-5-9-21)18-22-10-6-3-7-11-22/h2-13,16,24H,14-15,17-19H2,1H3,(H,28,32)/t24-/m1/s1. The number of hydrogen-bond acceptors (Lipinski definition) is 3. The van der Waals surface area contributed by atoms with Crippen LogP contribution in [0.15, 0.2) is 79.0 Å². The van der Waals surface area contributed by atoms with Gasteiger partial charge >= 0.3 is 6.03 Å². The number of nitrogens with zero attached hydrogens (tertiary/aromatic N) is 3. The van der Waals surface area contributed by atoms with E-state index in [1.54, 1.807) is 17.2 Å². The maximum Gasteiger partial charge on any atom is 0.318 e. The van der Waals surface area contributed by atoms with Crippen molar-refractivity contribution in [3.8, 4) is 0 Å².